The molecule has 0 spiro atoms. The minimum Gasteiger partial charge on any atom is -0.465 e. The van der Waals surface area contributed by atoms with Crippen molar-refractivity contribution >= 4 is 18.1 Å². The summed E-state index contributed by atoms with van der Waals surface area (Å²) in [5, 5.41) is 12.0. The molecule has 2 unspecified atom stereocenters. The zero-order valence-corrected chi connectivity index (χ0v) is 13.6. The van der Waals surface area contributed by atoms with Crippen molar-refractivity contribution in [1.82, 2.24) is 15.2 Å². The fourth-order valence-electron chi connectivity index (χ4n) is 3.92. The molecule has 2 amide bonds. The van der Waals surface area contributed by atoms with E-state index >= 15 is 0 Å². The van der Waals surface area contributed by atoms with Gasteiger partial charge in [0.25, 0.3) is 0 Å². The molecule has 1 saturated carbocycles. The predicted octanol–water partition coefficient (Wildman–Crippen LogP) is 2.24. The fourth-order valence-corrected chi connectivity index (χ4v) is 3.92. The molecule has 2 aliphatic rings. The summed E-state index contributed by atoms with van der Waals surface area (Å²) in [6.45, 7) is 2.02. The van der Waals surface area contributed by atoms with Gasteiger partial charge in [-0.25, -0.2) is 4.79 Å². The topological polar surface area (TPSA) is 82.5 Å². The Kier molecular flexibility index (Phi) is 5.13. The first-order chi connectivity index (χ1) is 11.6. The highest BCUT2D eigenvalue weighted by atomic mass is 16.4. The Morgan fingerprint density at radius 2 is 2.08 bits per heavy atom. The number of aromatic nitrogens is 1. The lowest BCUT2D eigenvalue weighted by Gasteiger charge is -2.16. The smallest absolute Gasteiger partial charge is 0.407 e. The summed E-state index contributed by atoms with van der Waals surface area (Å²) in [6.07, 6.45) is 9.02. The summed E-state index contributed by atoms with van der Waals surface area (Å²) in [4.78, 5) is 28.3. The van der Waals surface area contributed by atoms with Crippen molar-refractivity contribution in [2.45, 2.75) is 19.3 Å². The number of rotatable bonds is 5. The van der Waals surface area contributed by atoms with E-state index in [2.05, 4.69) is 10.3 Å². The van der Waals surface area contributed by atoms with Crippen LogP contribution in [0.15, 0.2) is 30.6 Å². The normalized spacial score (nSPS) is 25.8. The highest BCUT2D eigenvalue weighted by Gasteiger charge is 2.41. The van der Waals surface area contributed by atoms with Crippen LogP contribution in [0, 0.1) is 17.8 Å². The third-order valence-corrected chi connectivity index (χ3v) is 5.08. The number of pyridine rings is 1. The summed E-state index contributed by atoms with van der Waals surface area (Å²) in [6, 6.07) is 3.73. The van der Waals surface area contributed by atoms with E-state index in [1.165, 1.54) is 11.0 Å². The van der Waals surface area contributed by atoms with Gasteiger partial charge in [0.05, 0.1) is 0 Å². The van der Waals surface area contributed by atoms with Gasteiger partial charge in [0, 0.05) is 38.1 Å². The summed E-state index contributed by atoms with van der Waals surface area (Å²) in [5.41, 5.74) is 0.902. The Bertz CT molecular complexity index is 603. The number of amides is 2. The van der Waals surface area contributed by atoms with Crippen molar-refractivity contribution in [2.75, 3.05) is 19.6 Å². The van der Waals surface area contributed by atoms with Crippen molar-refractivity contribution in [3.05, 3.63) is 36.2 Å². The summed E-state index contributed by atoms with van der Waals surface area (Å²) >= 11 is 0. The van der Waals surface area contributed by atoms with Crippen LogP contribution < -0.4 is 5.32 Å². The molecule has 2 fully saturated rings. The molecule has 1 aliphatic carbocycles. The highest BCUT2D eigenvalue weighted by molar-refractivity contribution is 5.91. The second-order valence-corrected chi connectivity index (χ2v) is 6.74. The molecule has 2 N–H and O–H groups in total. The molecule has 0 radical (unpaired) electrons. The van der Waals surface area contributed by atoms with Gasteiger partial charge in [0.1, 0.15) is 0 Å². The van der Waals surface area contributed by atoms with Crippen LogP contribution in [0.25, 0.3) is 6.08 Å². The number of carbonyl (C=O) groups excluding carboxylic acids is 1. The molecule has 1 aliphatic heterocycles. The first kappa shape index (κ1) is 16.5. The molecule has 6 heteroatoms. The Morgan fingerprint density at radius 3 is 2.71 bits per heavy atom. The van der Waals surface area contributed by atoms with Crippen molar-refractivity contribution < 1.29 is 14.7 Å². The lowest BCUT2D eigenvalue weighted by Crippen LogP contribution is -2.28. The minimum atomic E-state index is -0.798. The zero-order chi connectivity index (χ0) is 16.9. The van der Waals surface area contributed by atoms with Gasteiger partial charge in [0.15, 0.2) is 0 Å². The lowest BCUT2D eigenvalue weighted by molar-refractivity contribution is -0.116. The Balaban J connectivity index is 1.35. The molecule has 0 bridgehead atoms. The Hall–Kier alpha value is -2.37. The molecule has 1 aromatic rings. The average molecular weight is 329 g/mol. The van der Waals surface area contributed by atoms with Crippen molar-refractivity contribution in [1.29, 1.82) is 0 Å². The molecule has 0 aromatic carbocycles. The maximum Gasteiger partial charge on any atom is 0.407 e. The number of nitrogens with zero attached hydrogens (tertiary/aromatic N) is 2. The van der Waals surface area contributed by atoms with Crippen LogP contribution in [0.5, 0.6) is 0 Å². The van der Waals surface area contributed by atoms with E-state index in [9.17, 15) is 9.59 Å². The van der Waals surface area contributed by atoms with Crippen LogP contribution in [-0.2, 0) is 4.79 Å². The van der Waals surface area contributed by atoms with E-state index in [0.717, 1.165) is 24.8 Å². The number of carboxylic acid groups (broad SMARTS) is 1. The van der Waals surface area contributed by atoms with Crippen LogP contribution in [0.4, 0.5) is 4.79 Å². The van der Waals surface area contributed by atoms with Gasteiger partial charge in [-0.2, -0.15) is 0 Å². The summed E-state index contributed by atoms with van der Waals surface area (Å²) < 4.78 is 0. The largest absolute Gasteiger partial charge is 0.465 e. The van der Waals surface area contributed by atoms with Crippen molar-refractivity contribution in [3.63, 3.8) is 0 Å². The summed E-state index contributed by atoms with van der Waals surface area (Å²) in [7, 11) is 0. The van der Waals surface area contributed by atoms with E-state index in [1.54, 1.807) is 18.5 Å². The molecule has 1 saturated heterocycles. The van der Waals surface area contributed by atoms with Gasteiger partial charge in [-0.1, -0.05) is 6.07 Å². The molecular formula is C18H23N3O3. The highest BCUT2D eigenvalue weighted by Crippen LogP contribution is 2.42. The zero-order valence-electron chi connectivity index (χ0n) is 13.6. The standard InChI is InChI=1S/C18H23N3O3/c22-17(4-3-13-2-1-6-19-10-13)20-7-5-14-8-15-11-21(18(23)24)12-16(15)9-14/h1-4,6,10,14-16H,5,7-9,11-12H2,(H,20,22)(H,23,24)/b4-3+. The second kappa shape index (κ2) is 7.47. The molecule has 6 nitrogen and oxygen atoms in total. The van der Waals surface area contributed by atoms with Gasteiger partial charge in [0.2, 0.25) is 5.91 Å². The molecule has 24 heavy (non-hydrogen) atoms. The Labute approximate surface area is 141 Å². The van der Waals surface area contributed by atoms with Gasteiger partial charge in [-0.05, 0) is 54.7 Å². The number of hydrogen-bond acceptors (Lipinski definition) is 3. The molecule has 128 valence electrons. The predicted molar refractivity (Wildman–Crippen MR) is 90.2 cm³/mol. The fraction of sp³-hybridized carbons (Fsp3) is 0.500. The lowest BCUT2D eigenvalue weighted by atomic mass is 10.0. The number of carbonyl (C=O) groups is 2. The molecule has 3 rings (SSSR count). The molecule has 2 heterocycles. The third-order valence-electron chi connectivity index (χ3n) is 5.08. The second-order valence-electron chi connectivity index (χ2n) is 6.74. The first-order valence-electron chi connectivity index (χ1n) is 8.45. The molecular weight excluding hydrogens is 306 g/mol. The van der Waals surface area contributed by atoms with Crippen molar-refractivity contribution in [3.8, 4) is 0 Å². The van der Waals surface area contributed by atoms with Crippen LogP contribution in [0.2, 0.25) is 0 Å². The SMILES string of the molecule is O=C(/C=C/c1cccnc1)NCCC1CC2CN(C(=O)O)CC2C1. The minimum absolute atomic E-state index is 0.0888. The maximum absolute atomic E-state index is 11.8. The maximum atomic E-state index is 11.8. The van der Waals surface area contributed by atoms with Crippen LogP contribution >= 0.6 is 0 Å². The number of nitrogens with one attached hydrogen (secondary N) is 1. The number of fused-ring (bicyclic) bond motifs is 1. The van der Waals surface area contributed by atoms with E-state index in [0.29, 0.717) is 37.4 Å². The quantitative estimate of drug-likeness (QED) is 0.812. The number of likely N-dealkylation sites (tertiary alicyclic amines) is 1. The van der Waals surface area contributed by atoms with Crippen LogP contribution in [-0.4, -0.2) is 46.6 Å². The molecule has 1 aromatic heterocycles. The van der Waals surface area contributed by atoms with E-state index in [1.807, 2.05) is 12.1 Å². The van der Waals surface area contributed by atoms with Gasteiger partial charge in [-0.15, -0.1) is 0 Å². The first-order valence-corrected chi connectivity index (χ1v) is 8.45. The van der Waals surface area contributed by atoms with E-state index in [-0.39, 0.29) is 5.91 Å². The van der Waals surface area contributed by atoms with Gasteiger partial charge in [-0.3, -0.25) is 9.78 Å². The Morgan fingerprint density at radius 1 is 1.33 bits per heavy atom. The van der Waals surface area contributed by atoms with Crippen LogP contribution in [0.1, 0.15) is 24.8 Å². The third kappa shape index (κ3) is 4.13. The van der Waals surface area contributed by atoms with Gasteiger partial charge < -0.3 is 15.3 Å². The molecule has 2 atom stereocenters. The average Bonchev–Trinajstić information content (AvgIpc) is 3.12. The van der Waals surface area contributed by atoms with Gasteiger partial charge >= 0.3 is 6.09 Å². The summed E-state index contributed by atoms with van der Waals surface area (Å²) in [5.74, 6) is 1.52. The van der Waals surface area contributed by atoms with Crippen LogP contribution in [0.3, 0.4) is 0 Å². The van der Waals surface area contributed by atoms with E-state index < -0.39 is 6.09 Å². The van der Waals surface area contributed by atoms with Crippen molar-refractivity contribution in [2.24, 2.45) is 17.8 Å². The van der Waals surface area contributed by atoms with E-state index in [4.69, 9.17) is 5.11 Å². The number of hydrogen-bond donors (Lipinski definition) is 2. The monoisotopic (exact) mass is 329 g/mol.